The number of carbonyl (C=O) groups excluding carboxylic acids is 1. The molecule has 1 atom stereocenters. The Morgan fingerprint density at radius 2 is 2.00 bits per heavy atom. The number of rotatable bonds is 6. The summed E-state index contributed by atoms with van der Waals surface area (Å²) in [5.41, 5.74) is 6.56. The first-order valence-corrected chi connectivity index (χ1v) is 6.09. The van der Waals surface area contributed by atoms with Gasteiger partial charge in [-0.2, -0.15) is 12.6 Å². The topological polar surface area (TPSA) is 55.1 Å². The Hall–Kier alpha value is -1.00. The van der Waals surface area contributed by atoms with Gasteiger partial charge in [0.15, 0.2) is 0 Å². The van der Waals surface area contributed by atoms with Crippen LogP contribution in [0, 0.1) is 0 Å². The SMILES string of the molecule is N[C@@H](CCCCS)C(=O)Nc1ccccc1. The minimum Gasteiger partial charge on any atom is -0.325 e. The molecule has 0 aliphatic carbocycles. The maximum absolute atomic E-state index is 11.7. The lowest BCUT2D eigenvalue weighted by Crippen LogP contribution is -2.35. The normalized spacial score (nSPS) is 12.1. The summed E-state index contributed by atoms with van der Waals surface area (Å²) in [6.07, 6.45) is 2.64. The third-order valence-electron chi connectivity index (χ3n) is 2.30. The summed E-state index contributed by atoms with van der Waals surface area (Å²) in [7, 11) is 0. The first-order valence-electron chi connectivity index (χ1n) is 5.46. The molecular formula is C12H18N2OS. The zero-order valence-corrected chi connectivity index (χ0v) is 10.1. The van der Waals surface area contributed by atoms with Gasteiger partial charge in [0, 0.05) is 5.69 Å². The maximum Gasteiger partial charge on any atom is 0.241 e. The number of carbonyl (C=O) groups is 1. The van der Waals surface area contributed by atoms with E-state index < -0.39 is 6.04 Å². The summed E-state index contributed by atoms with van der Waals surface area (Å²) in [6.45, 7) is 0. The van der Waals surface area contributed by atoms with Crippen molar-refractivity contribution >= 4 is 24.2 Å². The summed E-state index contributed by atoms with van der Waals surface area (Å²) in [4.78, 5) is 11.7. The molecule has 0 bridgehead atoms. The minimum absolute atomic E-state index is 0.120. The van der Waals surface area contributed by atoms with Crippen molar-refractivity contribution < 1.29 is 4.79 Å². The van der Waals surface area contributed by atoms with Crippen LogP contribution in [0.5, 0.6) is 0 Å². The Kier molecular flexibility index (Phi) is 5.96. The van der Waals surface area contributed by atoms with Crippen molar-refractivity contribution in [1.29, 1.82) is 0 Å². The van der Waals surface area contributed by atoms with Gasteiger partial charge in [-0.15, -0.1) is 0 Å². The van der Waals surface area contributed by atoms with E-state index in [1.807, 2.05) is 30.3 Å². The number of nitrogens with one attached hydrogen (secondary N) is 1. The standard InChI is InChI=1S/C12H18N2OS/c13-11(8-4-5-9-16)12(15)14-10-6-2-1-3-7-10/h1-3,6-7,11,16H,4-5,8-9,13H2,(H,14,15)/t11-/m0/s1. The third kappa shape index (κ3) is 4.68. The quantitative estimate of drug-likeness (QED) is 0.525. The molecule has 0 fully saturated rings. The molecule has 0 unspecified atom stereocenters. The van der Waals surface area contributed by atoms with E-state index in [0.29, 0.717) is 6.42 Å². The highest BCUT2D eigenvalue weighted by atomic mass is 32.1. The van der Waals surface area contributed by atoms with E-state index in [1.54, 1.807) is 0 Å². The first kappa shape index (κ1) is 13.1. The molecule has 0 aliphatic rings. The first-order chi connectivity index (χ1) is 7.74. The highest BCUT2D eigenvalue weighted by Gasteiger charge is 2.12. The van der Waals surface area contributed by atoms with Gasteiger partial charge in [-0.1, -0.05) is 24.6 Å². The van der Waals surface area contributed by atoms with E-state index in [4.69, 9.17) is 5.73 Å². The molecule has 1 aromatic carbocycles. The van der Waals surface area contributed by atoms with E-state index in [0.717, 1.165) is 24.3 Å². The molecule has 0 saturated heterocycles. The number of nitrogens with two attached hydrogens (primary N) is 1. The zero-order chi connectivity index (χ0) is 11.8. The number of hydrogen-bond acceptors (Lipinski definition) is 3. The van der Waals surface area contributed by atoms with Gasteiger partial charge in [0.1, 0.15) is 0 Å². The van der Waals surface area contributed by atoms with E-state index in [1.165, 1.54) is 0 Å². The second-order valence-electron chi connectivity index (χ2n) is 3.68. The molecule has 3 N–H and O–H groups in total. The average Bonchev–Trinajstić information content (AvgIpc) is 2.30. The Bertz CT molecular complexity index is 316. The van der Waals surface area contributed by atoms with Crippen LogP contribution in [0.15, 0.2) is 30.3 Å². The van der Waals surface area contributed by atoms with Gasteiger partial charge in [0.2, 0.25) is 5.91 Å². The Morgan fingerprint density at radius 1 is 1.31 bits per heavy atom. The van der Waals surface area contributed by atoms with Crippen molar-refractivity contribution in [2.45, 2.75) is 25.3 Å². The Morgan fingerprint density at radius 3 is 2.62 bits per heavy atom. The fourth-order valence-corrected chi connectivity index (χ4v) is 1.59. The second-order valence-corrected chi connectivity index (χ2v) is 4.13. The van der Waals surface area contributed by atoms with Crippen molar-refractivity contribution in [3.8, 4) is 0 Å². The lowest BCUT2D eigenvalue weighted by molar-refractivity contribution is -0.117. The predicted molar refractivity (Wildman–Crippen MR) is 70.8 cm³/mol. The monoisotopic (exact) mass is 238 g/mol. The molecule has 0 aromatic heterocycles. The highest BCUT2D eigenvalue weighted by Crippen LogP contribution is 2.07. The van der Waals surface area contributed by atoms with Crippen molar-refractivity contribution in [2.75, 3.05) is 11.1 Å². The molecule has 1 amide bonds. The number of para-hydroxylation sites is 1. The minimum atomic E-state index is -0.430. The van der Waals surface area contributed by atoms with Crippen molar-refractivity contribution in [3.63, 3.8) is 0 Å². The van der Waals surface area contributed by atoms with Crippen LogP contribution in [0.2, 0.25) is 0 Å². The van der Waals surface area contributed by atoms with Crippen LogP contribution in [0.4, 0.5) is 5.69 Å². The molecular weight excluding hydrogens is 220 g/mol. The van der Waals surface area contributed by atoms with Crippen molar-refractivity contribution in [2.24, 2.45) is 5.73 Å². The van der Waals surface area contributed by atoms with Gasteiger partial charge >= 0.3 is 0 Å². The molecule has 1 rings (SSSR count). The van der Waals surface area contributed by atoms with E-state index in [2.05, 4.69) is 17.9 Å². The second kappa shape index (κ2) is 7.30. The van der Waals surface area contributed by atoms with Crippen LogP contribution in [0.25, 0.3) is 0 Å². The lowest BCUT2D eigenvalue weighted by atomic mass is 10.1. The summed E-state index contributed by atoms with van der Waals surface area (Å²) in [5.74, 6) is 0.720. The molecule has 3 nitrogen and oxygen atoms in total. The number of hydrogen-bond donors (Lipinski definition) is 3. The van der Waals surface area contributed by atoms with E-state index >= 15 is 0 Å². The van der Waals surface area contributed by atoms with Gasteiger partial charge in [-0.3, -0.25) is 4.79 Å². The predicted octanol–water partition coefficient (Wildman–Crippen LogP) is 2.05. The number of anilines is 1. The number of amides is 1. The number of benzene rings is 1. The van der Waals surface area contributed by atoms with Crippen LogP contribution < -0.4 is 11.1 Å². The Labute approximate surface area is 102 Å². The van der Waals surface area contributed by atoms with E-state index in [-0.39, 0.29) is 5.91 Å². The lowest BCUT2D eigenvalue weighted by Gasteiger charge is -2.11. The summed E-state index contributed by atoms with van der Waals surface area (Å²) in [5, 5.41) is 2.79. The molecule has 1 aromatic rings. The van der Waals surface area contributed by atoms with Crippen LogP contribution in [-0.4, -0.2) is 17.7 Å². The molecule has 0 aliphatic heterocycles. The van der Waals surface area contributed by atoms with Crippen molar-refractivity contribution in [3.05, 3.63) is 30.3 Å². The maximum atomic E-state index is 11.7. The average molecular weight is 238 g/mol. The molecule has 0 radical (unpaired) electrons. The number of unbranched alkanes of at least 4 members (excludes halogenated alkanes) is 1. The largest absolute Gasteiger partial charge is 0.325 e. The van der Waals surface area contributed by atoms with Crippen LogP contribution >= 0.6 is 12.6 Å². The van der Waals surface area contributed by atoms with Gasteiger partial charge in [-0.25, -0.2) is 0 Å². The zero-order valence-electron chi connectivity index (χ0n) is 9.23. The summed E-state index contributed by atoms with van der Waals surface area (Å²) >= 11 is 4.11. The molecule has 88 valence electrons. The molecule has 0 spiro atoms. The fourth-order valence-electron chi connectivity index (χ4n) is 1.36. The van der Waals surface area contributed by atoms with Crippen molar-refractivity contribution in [1.82, 2.24) is 0 Å². The van der Waals surface area contributed by atoms with Gasteiger partial charge in [0.05, 0.1) is 6.04 Å². The molecule has 0 saturated carbocycles. The third-order valence-corrected chi connectivity index (χ3v) is 2.62. The van der Waals surface area contributed by atoms with E-state index in [9.17, 15) is 4.79 Å². The molecule has 0 heterocycles. The molecule has 4 heteroatoms. The smallest absolute Gasteiger partial charge is 0.241 e. The fraction of sp³-hybridized carbons (Fsp3) is 0.417. The Balaban J connectivity index is 2.34. The van der Waals surface area contributed by atoms with Crippen LogP contribution in [-0.2, 0) is 4.79 Å². The number of thiol groups is 1. The van der Waals surface area contributed by atoms with Crippen LogP contribution in [0.3, 0.4) is 0 Å². The van der Waals surface area contributed by atoms with Gasteiger partial charge in [-0.05, 0) is 30.7 Å². The summed E-state index contributed by atoms with van der Waals surface area (Å²) < 4.78 is 0. The van der Waals surface area contributed by atoms with Crippen LogP contribution in [0.1, 0.15) is 19.3 Å². The highest BCUT2D eigenvalue weighted by molar-refractivity contribution is 7.80. The van der Waals surface area contributed by atoms with Gasteiger partial charge < -0.3 is 11.1 Å². The molecule has 16 heavy (non-hydrogen) atoms. The summed E-state index contributed by atoms with van der Waals surface area (Å²) in [6, 6.07) is 8.92. The van der Waals surface area contributed by atoms with Gasteiger partial charge in [0.25, 0.3) is 0 Å².